The fourth-order valence-corrected chi connectivity index (χ4v) is 5.11. The van der Waals surface area contributed by atoms with Gasteiger partial charge in [-0.1, -0.05) is 29.3 Å². The number of aliphatic imine (C=N–C) groups is 1. The Morgan fingerprint density at radius 3 is 2.68 bits per heavy atom. The SMILES string of the molecule is CCNC(=NCC1CCS(=O)(=O)C1)NC(C)c1ccc(Cl)cc1Cl.I. The number of nitrogens with one attached hydrogen (secondary N) is 2. The number of guanidine groups is 1. The van der Waals surface area contributed by atoms with Gasteiger partial charge in [0.15, 0.2) is 15.8 Å². The maximum Gasteiger partial charge on any atom is 0.191 e. The molecular weight excluding hydrogens is 496 g/mol. The Kier molecular flexibility index (Phi) is 9.28. The smallest absolute Gasteiger partial charge is 0.191 e. The molecule has 142 valence electrons. The van der Waals surface area contributed by atoms with Gasteiger partial charge in [-0.2, -0.15) is 0 Å². The van der Waals surface area contributed by atoms with Gasteiger partial charge in [-0.05, 0) is 43.9 Å². The van der Waals surface area contributed by atoms with Crippen LogP contribution < -0.4 is 10.6 Å². The van der Waals surface area contributed by atoms with Crippen molar-refractivity contribution in [1.82, 2.24) is 10.6 Å². The Labute approximate surface area is 176 Å². The van der Waals surface area contributed by atoms with Gasteiger partial charge in [-0.15, -0.1) is 24.0 Å². The molecular formula is C16H24Cl2IN3O2S. The number of sulfone groups is 1. The molecule has 2 unspecified atom stereocenters. The molecule has 0 spiro atoms. The fourth-order valence-electron chi connectivity index (χ4n) is 2.69. The quantitative estimate of drug-likeness (QED) is 0.354. The molecule has 1 aliphatic rings. The summed E-state index contributed by atoms with van der Waals surface area (Å²) in [4.78, 5) is 4.53. The van der Waals surface area contributed by atoms with E-state index in [2.05, 4.69) is 15.6 Å². The molecule has 1 fully saturated rings. The molecule has 0 aromatic heterocycles. The van der Waals surface area contributed by atoms with Crippen molar-refractivity contribution in [3.63, 3.8) is 0 Å². The Balaban J connectivity index is 0.00000312. The van der Waals surface area contributed by atoms with Crippen LogP contribution in [0.3, 0.4) is 0 Å². The summed E-state index contributed by atoms with van der Waals surface area (Å²) >= 11 is 12.2. The van der Waals surface area contributed by atoms with Crippen molar-refractivity contribution in [2.75, 3.05) is 24.6 Å². The molecule has 0 bridgehead atoms. The highest BCUT2D eigenvalue weighted by Gasteiger charge is 2.27. The van der Waals surface area contributed by atoms with E-state index in [1.807, 2.05) is 19.9 Å². The fraction of sp³-hybridized carbons (Fsp3) is 0.562. The molecule has 1 heterocycles. The second-order valence-electron chi connectivity index (χ2n) is 6.02. The van der Waals surface area contributed by atoms with Crippen molar-refractivity contribution in [2.24, 2.45) is 10.9 Å². The van der Waals surface area contributed by atoms with Crippen molar-refractivity contribution < 1.29 is 8.42 Å². The topological polar surface area (TPSA) is 70.6 Å². The average Bonchev–Trinajstić information content (AvgIpc) is 2.84. The molecule has 0 aliphatic carbocycles. The van der Waals surface area contributed by atoms with Crippen LogP contribution in [0.25, 0.3) is 0 Å². The van der Waals surface area contributed by atoms with Gasteiger partial charge in [-0.3, -0.25) is 4.99 Å². The zero-order chi connectivity index (χ0) is 17.7. The maximum absolute atomic E-state index is 11.5. The molecule has 2 N–H and O–H groups in total. The summed E-state index contributed by atoms with van der Waals surface area (Å²) in [6, 6.07) is 5.34. The highest BCUT2D eigenvalue weighted by Crippen LogP contribution is 2.26. The van der Waals surface area contributed by atoms with E-state index in [1.165, 1.54) is 0 Å². The molecule has 1 aromatic carbocycles. The number of hydrogen-bond donors (Lipinski definition) is 2. The van der Waals surface area contributed by atoms with E-state index in [0.29, 0.717) is 29.0 Å². The summed E-state index contributed by atoms with van der Waals surface area (Å²) in [6.07, 6.45) is 0.684. The molecule has 0 amide bonds. The van der Waals surface area contributed by atoms with E-state index >= 15 is 0 Å². The standard InChI is InChI=1S/C16H23Cl2N3O2S.HI/c1-3-19-16(20-9-12-6-7-24(22,23)10-12)21-11(2)14-5-4-13(17)8-15(14)18;/h4-5,8,11-12H,3,6-7,9-10H2,1-2H3,(H2,19,20,21);1H. The first-order valence-corrected chi connectivity index (χ1v) is 10.6. The average molecular weight is 520 g/mol. The third-order valence-electron chi connectivity index (χ3n) is 3.96. The summed E-state index contributed by atoms with van der Waals surface area (Å²) < 4.78 is 23.1. The van der Waals surface area contributed by atoms with Crippen LogP contribution in [0, 0.1) is 5.92 Å². The lowest BCUT2D eigenvalue weighted by atomic mass is 10.1. The van der Waals surface area contributed by atoms with Crippen molar-refractivity contribution in [3.05, 3.63) is 33.8 Å². The van der Waals surface area contributed by atoms with E-state index in [4.69, 9.17) is 23.2 Å². The lowest BCUT2D eigenvalue weighted by Crippen LogP contribution is -2.39. The van der Waals surface area contributed by atoms with Crippen LogP contribution in [0.4, 0.5) is 0 Å². The van der Waals surface area contributed by atoms with E-state index in [9.17, 15) is 8.42 Å². The third kappa shape index (κ3) is 7.11. The minimum absolute atomic E-state index is 0. The monoisotopic (exact) mass is 519 g/mol. The highest BCUT2D eigenvalue weighted by molar-refractivity contribution is 14.0. The van der Waals surface area contributed by atoms with Gasteiger partial charge in [0, 0.05) is 23.1 Å². The second kappa shape index (κ2) is 10.2. The molecule has 0 saturated carbocycles. The zero-order valence-electron chi connectivity index (χ0n) is 14.3. The molecule has 2 rings (SSSR count). The van der Waals surface area contributed by atoms with Gasteiger partial charge in [-0.25, -0.2) is 8.42 Å². The number of hydrogen-bond acceptors (Lipinski definition) is 3. The van der Waals surface area contributed by atoms with Gasteiger partial charge >= 0.3 is 0 Å². The summed E-state index contributed by atoms with van der Waals surface area (Å²) in [5.74, 6) is 1.25. The minimum atomic E-state index is -2.87. The van der Waals surface area contributed by atoms with Crippen LogP contribution in [0.2, 0.25) is 10.0 Å². The van der Waals surface area contributed by atoms with Crippen molar-refractivity contribution in [2.45, 2.75) is 26.3 Å². The Bertz CT molecular complexity index is 713. The highest BCUT2D eigenvalue weighted by atomic mass is 127. The molecule has 1 aromatic rings. The predicted molar refractivity (Wildman–Crippen MR) is 116 cm³/mol. The molecule has 5 nitrogen and oxygen atoms in total. The second-order valence-corrected chi connectivity index (χ2v) is 9.09. The molecule has 2 atom stereocenters. The first kappa shape index (κ1) is 22.8. The number of rotatable bonds is 5. The Morgan fingerprint density at radius 2 is 2.12 bits per heavy atom. The lowest BCUT2D eigenvalue weighted by molar-refractivity contribution is 0.587. The van der Waals surface area contributed by atoms with Crippen LogP contribution in [-0.2, 0) is 9.84 Å². The van der Waals surface area contributed by atoms with E-state index in [-0.39, 0.29) is 47.4 Å². The van der Waals surface area contributed by atoms with Crippen LogP contribution in [0.1, 0.15) is 31.9 Å². The largest absolute Gasteiger partial charge is 0.357 e. The zero-order valence-corrected chi connectivity index (χ0v) is 18.9. The van der Waals surface area contributed by atoms with Crippen molar-refractivity contribution in [1.29, 1.82) is 0 Å². The van der Waals surface area contributed by atoms with Crippen LogP contribution in [0.15, 0.2) is 23.2 Å². The van der Waals surface area contributed by atoms with Crippen LogP contribution >= 0.6 is 47.2 Å². The molecule has 1 saturated heterocycles. The van der Waals surface area contributed by atoms with Gasteiger partial charge in [0.05, 0.1) is 17.5 Å². The van der Waals surface area contributed by atoms with Gasteiger partial charge in [0.2, 0.25) is 0 Å². The van der Waals surface area contributed by atoms with Crippen molar-refractivity contribution >= 4 is 63.0 Å². The minimum Gasteiger partial charge on any atom is -0.357 e. The van der Waals surface area contributed by atoms with Gasteiger partial charge in [0.25, 0.3) is 0 Å². The Morgan fingerprint density at radius 1 is 1.40 bits per heavy atom. The Hall–Kier alpha value is -0.250. The summed E-state index contributed by atoms with van der Waals surface area (Å²) in [5.41, 5.74) is 0.926. The van der Waals surface area contributed by atoms with E-state index in [1.54, 1.807) is 12.1 Å². The summed E-state index contributed by atoms with van der Waals surface area (Å²) in [5, 5.41) is 7.67. The molecule has 25 heavy (non-hydrogen) atoms. The first-order chi connectivity index (χ1) is 11.3. The van der Waals surface area contributed by atoms with Crippen molar-refractivity contribution in [3.8, 4) is 0 Å². The molecule has 9 heteroatoms. The number of nitrogens with zero attached hydrogens (tertiary/aromatic N) is 1. The summed E-state index contributed by atoms with van der Waals surface area (Å²) in [7, 11) is -2.87. The van der Waals surface area contributed by atoms with Gasteiger partial charge in [0.1, 0.15) is 0 Å². The molecule has 0 radical (unpaired) electrons. The van der Waals surface area contributed by atoms with E-state index in [0.717, 1.165) is 12.1 Å². The van der Waals surface area contributed by atoms with Gasteiger partial charge < -0.3 is 10.6 Å². The van der Waals surface area contributed by atoms with Crippen LogP contribution in [0.5, 0.6) is 0 Å². The van der Waals surface area contributed by atoms with Crippen LogP contribution in [-0.4, -0.2) is 39.0 Å². The lowest BCUT2D eigenvalue weighted by Gasteiger charge is -2.19. The number of benzene rings is 1. The maximum atomic E-state index is 11.5. The first-order valence-electron chi connectivity index (χ1n) is 8.01. The third-order valence-corrected chi connectivity index (χ3v) is 6.36. The predicted octanol–water partition coefficient (Wildman–Crippen LogP) is 3.66. The number of halogens is 3. The normalized spacial score (nSPS) is 20.6. The molecule has 1 aliphatic heterocycles. The summed E-state index contributed by atoms with van der Waals surface area (Å²) in [6.45, 7) is 5.19. The van der Waals surface area contributed by atoms with E-state index < -0.39 is 9.84 Å².